The summed E-state index contributed by atoms with van der Waals surface area (Å²) in [5.41, 5.74) is 1.27. The Hall–Kier alpha value is -1.23. The van der Waals surface area contributed by atoms with E-state index in [0.717, 1.165) is 17.5 Å². The molecule has 0 unspecified atom stereocenters. The van der Waals surface area contributed by atoms with Gasteiger partial charge in [-0.1, -0.05) is 0 Å². The summed E-state index contributed by atoms with van der Waals surface area (Å²) in [6.07, 6.45) is 5.90. The number of hydrogen-bond donors (Lipinski definition) is 0. The van der Waals surface area contributed by atoms with Crippen molar-refractivity contribution in [2.75, 3.05) is 0 Å². The molecule has 1 aliphatic carbocycles. The Morgan fingerprint density at radius 3 is 3.14 bits per heavy atom. The molecule has 0 amide bonds. The van der Waals surface area contributed by atoms with Crippen LogP contribution in [0.25, 0.3) is 0 Å². The quantitative estimate of drug-likeness (QED) is 0.767. The Morgan fingerprint density at radius 2 is 2.43 bits per heavy atom. The fourth-order valence-corrected chi connectivity index (χ4v) is 2.28. The second-order valence-corrected chi connectivity index (χ2v) is 4.48. The summed E-state index contributed by atoms with van der Waals surface area (Å²) in [5, 5.41) is 7.35. The summed E-state index contributed by atoms with van der Waals surface area (Å²) in [4.78, 5) is 8.48. The van der Waals surface area contributed by atoms with E-state index in [1.807, 2.05) is 0 Å². The van der Waals surface area contributed by atoms with Crippen molar-refractivity contribution in [1.29, 1.82) is 0 Å². The Labute approximate surface area is 85.6 Å². The van der Waals surface area contributed by atoms with Crippen LogP contribution in [-0.4, -0.2) is 19.7 Å². The van der Waals surface area contributed by atoms with Crippen molar-refractivity contribution in [1.82, 2.24) is 19.7 Å². The molecule has 72 valence electrons. The van der Waals surface area contributed by atoms with E-state index in [9.17, 15) is 0 Å². The van der Waals surface area contributed by atoms with E-state index < -0.39 is 0 Å². The van der Waals surface area contributed by atoms with Gasteiger partial charge in [0.25, 0.3) is 0 Å². The van der Waals surface area contributed by atoms with Crippen LogP contribution in [0, 0.1) is 0 Å². The molecular formula is C9H10N4S. The standard InChI is InChI=1S/C9H10N4S/c1-2-7(1)8-4-14-9(12-8)3-13-6-10-5-11-13/h4-7H,1-3H2. The van der Waals surface area contributed by atoms with Gasteiger partial charge in [-0.25, -0.2) is 14.6 Å². The van der Waals surface area contributed by atoms with E-state index in [4.69, 9.17) is 0 Å². The van der Waals surface area contributed by atoms with Gasteiger partial charge in [-0.2, -0.15) is 5.10 Å². The van der Waals surface area contributed by atoms with Crippen molar-refractivity contribution >= 4 is 11.3 Å². The summed E-state index contributed by atoms with van der Waals surface area (Å²) in [6, 6.07) is 0. The first-order chi connectivity index (χ1) is 6.92. The van der Waals surface area contributed by atoms with Gasteiger partial charge in [0.1, 0.15) is 17.7 Å². The lowest BCUT2D eigenvalue weighted by Gasteiger charge is -1.94. The number of thiazole rings is 1. The molecule has 0 saturated heterocycles. The molecule has 2 heterocycles. The van der Waals surface area contributed by atoms with E-state index in [1.54, 1.807) is 28.7 Å². The SMILES string of the molecule is c1ncn(Cc2nc(C3CC3)cs2)n1. The molecule has 1 saturated carbocycles. The number of hydrogen-bond acceptors (Lipinski definition) is 4. The van der Waals surface area contributed by atoms with Crippen LogP contribution in [0.2, 0.25) is 0 Å². The van der Waals surface area contributed by atoms with Crippen LogP contribution >= 0.6 is 11.3 Å². The molecule has 1 fully saturated rings. The van der Waals surface area contributed by atoms with Crippen LogP contribution in [0.15, 0.2) is 18.0 Å². The number of nitrogens with zero attached hydrogens (tertiary/aromatic N) is 4. The molecule has 0 N–H and O–H groups in total. The molecule has 0 aliphatic heterocycles. The normalized spacial score (nSPS) is 16.0. The van der Waals surface area contributed by atoms with Crippen LogP contribution in [0.3, 0.4) is 0 Å². The highest BCUT2D eigenvalue weighted by Crippen LogP contribution is 2.40. The van der Waals surface area contributed by atoms with E-state index in [2.05, 4.69) is 20.4 Å². The average Bonchev–Trinajstić information content (AvgIpc) is 2.75. The maximum absolute atomic E-state index is 4.58. The lowest BCUT2D eigenvalue weighted by Crippen LogP contribution is -1.99. The fourth-order valence-electron chi connectivity index (χ4n) is 1.42. The molecule has 0 aromatic carbocycles. The Kier molecular flexibility index (Phi) is 1.83. The monoisotopic (exact) mass is 206 g/mol. The first kappa shape index (κ1) is 8.11. The van der Waals surface area contributed by atoms with Gasteiger partial charge in [0, 0.05) is 11.3 Å². The van der Waals surface area contributed by atoms with Crippen molar-refractivity contribution in [3.63, 3.8) is 0 Å². The molecule has 0 radical (unpaired) electrons. The zero-order valence-electron chi connectivity index (χ0n) is 7.63. The molecule has 3 rings (SSSR count). The van der Waals surface area contributed by atoms with Crippen LogP contribution in [0.5, 0.6) is 0 Å². The maximum Gasteiger partial charge on any atom is 0.137 e. The van der Waals surface area contributed by atoms with E-state index in [-0.39, 0.29) is 0 Å². The van der Waals surface area contributed by atoms with Crippen molar-refractivity contribution in [3.05, 3.63) is 28.7 Å². The summed E-state index contributed by atoms with van der Waals surface area (Å²) < 4.78 is 1.80. The smallest absolute Gasteiger partial charge is 0.137 e. The average molecular weight is 206 g/mol. The molecule has 4 nitrogen and oxygen atoms in total. The highest BCUT2D eigenvalue weighted by Gasteiger charge is 2.25. The largest absolute Gasteiger partial charge is 0.246 e. The molecule has 0 spiro atoms. The zero-order valence-corrected chi connectivity index (χ0v) is 8.44. The van der Waals surface area contributed by atoms with Crippen molar-refractivity contribution in [3.8, 4) is 0 Å². The third-order valence-electron chi connectivity index (χ3n) is 2.33. The highest BCUT2D eigenvalue weighted by atomic mass is 32.1. The van der Waals surface area contributed by atoms with Crippen molar-refractivity contribution < 1.29 is 0 Å². The minimum absolute atomic E-state index is 0.746. The Bertz CT molecular complexity index is 416. The third-order valence-corrected chi connectivity index (χ3v) is 3.18. The molecule has 2 aromatic heterocycles. The number of aromatic nitrogens is 4. The zero-order chi connectivity index (χ0) is 9.38. The Morgan fingerprint density at radius 1 is 1.50 bits per heavy atom. The van der Waals surface area contributed by atoms with Gasteiger partial charge in [-0.3, -0.25) is 0 Å². The first-order valence-electron chi connectivity index (χ1n) is 4.68. The van der Waals surface area contributed by atoms with Crippen molar-refractivity contribution in [2.45, 2.75) is 25.3 Å². The topological polar surface area (TPSA) is 43.6 Å². The second-order valence-electron chi connectivity index (χ2n) is 3.53. The fraction of sp³-hybridized carbons (Fsp3) is 0.444. The van der Waals surface area contributed by atoms with Gasteiger partial charge in [0.2, 0.25) is 0 Å². The van der Waals surface area contributed by atoms with E-state index in [0.29, 0.717) is 0 Å². The molecule has 0 atom stereocenters. The second kappa shape index (κ2) is 3.16. The molecule has 14 heavy (non-hydrogen) atoms. The van der Waals surface area contributed by atoms with Gasteiger partial charge in [0.15, 0.2) is 0 Å². The Balaban J connectivity index is 1.76. The lowest BCUT2D eigenvalue weighted by molar-refractivity contribution is 0.679. The number of rotatable bonds is 3. The predicted molar refractivity (Wildman–Crippen MR) is 53.2 cm³/mol. The maximum atomic E-state index is 4.58. The van der Waals surface area contributed by atoms with Crippen LogP contribution in [-0.2, 0) is 6.54 Å². The van der Waals surface area contributed by atoms with Crippen LogP contribution in [0.4, 0.5) is 0 Å². The van der Waals surface area contributed by atoms with E-state index in [1.165, 1.54) is 18.5 Å². The van der Waals surface area contributed by atoms with Gasteiger partial charge >= 0.3 is 0 Å². The molecule has 2 aromatic rings. The summed E-state index contributed by atoms with van der Waals surface area (Å²) in [7, 11) is 0. The van der Waals surface area contributed by atoms with Gasteiger partial charge < -0.3 is 0 Å². The third kappa shape index (κ3) is 1.55. The minimum Gasteiger partial charge on any atom is -0.246 e. The van der Waals surface area contributed by atoms with Gasteiger partial charge in [-0.15, -0.1) is 11.3 Å². The van der Waals surface area contributed by atoms with Crippen molar-refractivity contribution in [2.24, 2.45) is 0 Å². The molecule has 0 bridgehead atoms. The summed E-state index contributed by atoms with van der Waals surface area (Å²) in [5.74, 6) is 0.746. The van der Waals surface area contributed by atoms with Gasteiger partial charge in [-0.05, 0) is 12.8 Å². The first-order valence-corrected chi connectivity index (χ1v) is 5.56. The van der Waals surface area contributed by atoms with Crippen LogP contribution < -0.4 is 0 Å². The van der Waals surface area contributed by atoms with E-state index >= 15 is 0 Å². The summed E-state index contributed by atoms with van der Waals surface area (Å²) >= 11 is 1.72. The minimum atomic E-state index is 0.746. The lowest BCUT2D eigenvalue weighted by atomic mass is 10.3. The highest BCUT2D eigenvalue weighted by molar-refractivity contribution is 7.09. The molecule has 1 aliphatic rings. The van der Waals surface area contributed by atoms with Crippen LogP contribution in [0.1, 0.15) is 29.5 Å². The molecular weight excluding hydrogens is 196 g/mol. The summed E-state index contributed by atoms with van der Waals surface area (Å²) in [6.45, 7) is 0.747. The van der Waals surface area contributed by atoms with Gasteiger partial charge in [0.05, 0.1) is 12.2 Å². The predicted octanol–water partition coefficient (Wildman–Crippen LogP) is 1.66. The molecule has 5 heteroatoms.